The number of pyridine rings is 1. The van der Waals surface area contributed by atoms with E-state index in [4.69, 9.17) is 4.98 Å². The quantitative estimate of drug-likeness (QED) is 0.600. The Morgan fingerprint density at radius 1 is 0.944 bits per heavy atom. The Hall–Kier alpha value is -1.48. The summed E-state index contributed by atoms with van der Waals surface area (Å²) in [6.07, 6.45) is 8.19. The summed E-state index contributed by atoms with van der Waals surface area (Å²) in [6.45, 7) is 0.428. The van der Waals surface area contributed by atoms with Crippen LogP contribution in [0, 0.1) is 5.92 Å². The van der Waals surface area contributed by atoms with Gasteiger partial charge < -0.3 is 10.2 Å². The van der Waals surface area contributed by atoms with E-state index >= 15 is 8.78 Å². The molecule has 1 N–H and O–H groups in total. The van der Waals surface area contributed by atoms with Crippen molar-refractivity contribution >= 4 is 34.0 Å². The first-order valence-electron chi connectivity index (χ1n) is 13.2. The number of alkyl halides is 2. The van der Waals surface area contributed by atoms with Crippen molar-refractivity contribution in [1.29, 1.82) is 0 Å². The minimum Gasteiger partial charge on any atom is -0.364 e. The molecular weight excluding hydrogens is 508 g/mol. The molecule has 6 bridgehead atoms. The zero-order valence-corrected chi connectivity index (χ0v) is 22.0. The summed E-state index contributed by atoms with van der Waals surface area (Å²) in [5.41, 5.74) is -0.769. The molecule has 0 spiro atoms. The maximum absolute atomic E-state index is 15.6. The second-order valence-electron chi connectivity index (χ2n) is 12.6. The molecule has 198 valence electrons. The lowest BCUT2D eigenvalue weighted by Gasteiger charge is -2.61. The van der Waals surface area contributed by atoms with Gasteiger partial charge in [-0.2, -0.15) is 0 Å². The zero-order valence-electron chi connectivity index (χ0n) is 20.4. The van der Waals surface area contributed by atoms with Crippen molar-refractivity contribution in [2.75, 3.05) is 29.9 Å². The Morgan fingerprint density at radius 3 is 2.11 bits per heavy atom. The van der Waals surface area contributed by atoms with E-state index in [9.17, 15) is 13.2 Å². The third kappa shape index (κ3) is 3.86. The topological polar surface area (TPSA) is 79.4 Å². The van der Waals surface area contributed by atoms with Gasteiger partial charge in [-0.3, -0.25) is 4.79 Å². The van der Waals surface area contributed by atoms with Crippen LogP contribution in [0.25, 0.3) is 0 Å². The van der Waals surface area contributed by atoms with Gasteiger partial charge in [-0.25, -0.2) is 22.2 Å². The fourth-order valence-corrected chi connectivity index (χ4v) is 10.2. The molecule has 1 aromatic rings. The summed E-state index contributed by atoms with van der Waals surface area (Å²) in [5, 5.41) is 3.61. The van der Waals surface area contributed by atoms with Gasteiger partial charge in [0.25, 0.3) is 5.91 Å². The van der Waals surface area contributed by atoms with Gasteiger partial charge in [0, 0.05) is 49.7 Å². The van der Waals surface area contributed by atoms with Crippen LogP contribution in [0.1, 0.15) is 97.5 Å². The number of nitrogens with zero attached hydrogens (tertiary/aromatic N) is 2. The van der Waals surface area contributed by atoms with Crippen molar-refractivity contribution in [3.8, 4) is 0 Å². The summed E-state index contributed by atoms with van der Waals surface area (Å²) in [5.74, 6) is 1.23. The van der Waals surface area contributed by atoms with E-state index in [-0.39, 0.29) is 61.2 Å². The fraction of sp³-hybridized carbons (Fsp3) is 0.769. The molecule has 1 aliphatic heterocycles. The maximum atomic E-state index is 15.6. The van der Waals surface area contributed by atoms with E-state index in [1.807, 2.05) is 0 Å². The minimum absolute atomic E-state index is 0. The summed E-state index contributed by atoms with van der Waals surface area (Å²) >= 11 is 0. The smallest absolute Gasteiger partial charge is 0.255 e. The SMILES string of the molecule is Cl.O=C(c1cnc(NC23CC4CC(F)(CC(F)(C4)C2)C3)c2c1C1CCC2CC1)N1CCS(=O)(=O)CC1. The van der Waals surface area contributed by atoms with Crippen molar-refractivity contribution in [3.63, 3.8) is 0 Å². The number of anilines is 1. The molecular formula is C26H34ClF2N3O3S. The van der Waals surface area contributed by atoms with Gasteiger partial charge in [0.1, 0.15) is 17.2 Å². The molecule has 1 saturated heterocycles. The highest BCUT2D eigenvalue weighted by molar-refractivity contribution is 7.91. The van der Waals surface area contributed by atoms with Crippen LogP contribution in [0.4, 0.5) is 14.6 Å². The zero-order chi connectivity index (χ0) is 24.2. The number of aromatic nitrogens is 1. The molecule has 2 atom stereocenters. The third-order valence-electron chi connectivity index (χ3n) is 9.88. The molecule has 2 unspecified atom stereocenters. The summed E-state index contributed by atoms with van der Waals surface area (Å²) < 4.78 is 54.9. The van der Waals surface area contributed by atoms with E-state index in [1.54, 1.807) is 11.1 Å². The van der Waals surface area contributed by atoms with Crippen LogP contribution in [0.3, 0.4) is 0 Å². The summed E-state index contributed by atoms with van der Waals surface area (Å²) in [6, 6.07) is 0. The molecule has 6 fully saturated rings. The molecule has 1 aromatic heterocycles. The molecule has 7 aliphatic carbocycles. The molecule has 0 aromatic carbocycles. The normalized spacial score (nSPS) is 41.5. The molecule has 8 aliphatic rings. The summed E-state index contributed by atoms with van der Waals surface area (Å²) in [7, 11) is -3.08. The number of amides is 1. The molecule has 9 rings (SSSR count). The van der Waals surface area contributed by atoms with Gasteiger partial charge in [-0.15, -0.1) is 12.4 Å². The molecule has 5 saturated carbocycles. The van der Waals surface area contributed by atoms with Crippen molar-refractivity contribution in [2.24, 2.45) is 5.92 Å². The number of nitrogens with one attached hydrogen (secondary N) is 1. The fourth-order valence-electron chi connectivity index (χ4n) is 9.02. The van der Waals surface area contributed by atoms with Crippen molar-refractivity contribution in [1.82, 2.24) is 9.88 Å². The van der Waals surface area contributed by atoms with Crippen LogP contribution >= 0.6 is 12.4 Å². The van der Waals surface area contributed by atoms with Crippen LogP contribution in [-0.4, -0.2) is 65.7 Å². The first kappa shape index (κ1) is 24.8. The van der Waals surface area contributed by atoms with Gasteiger partial charge >= 0.3 is 0 Å². The Labute approximate surface area is 217 Å². The molecule has 2 heterocycles. The third-order valence-corrected chi connectivity index (χ3v) is 11.5. The lowest BCUT2D eigenvalue weighted by Crippen LogP contribution is -2.65. The van der Waals surface area contributed by atoms with Crippen LogP contribution in [0.2, 0.25) is 0 Å². The lowest BCUT2D eigenvalue weighted by molar-refractivity contribution is -0.137. The maximum Gasteiger partial charge on any atom is 0.255 e. The van der Waals surface area contributed by atoms with Crippen molar-refractivity contribution < 1.29 is 22.0 Å². The highest BCUT2D eigenvalue weighted by atomic mass is 35.5. The van der Waals surface area contributed by atoms with Gasteiger partial charge in [-0.1, -0.05) is 0 Å². The van der Waals surface area contributed by atoms with E-state index in [1.165, 1.54) is 0 Å². The number of halogens is 3. The number of carbonyl (C=O) groups is 1. The highest BCUT2D eigenvalue weighted by Gasteiger charge is 2.65. The summed E-state index contributed by atoms with van der Waals surface area (Å²) in [4.78, 5) is 19.9. The predicted molar refractivity (Wildman–Crippen MR) is 135 cm³/mol. The Kier molecular flexibility index (Phi) is 5.53. The van der Waals surface area contributed by atoms with Gasteiger partial charge in [0.2, 0.25) is 0 Å². The average Bonchev–Trinajstić information content (AvgIpc) is 2.77. The Balaban J connectivity index is 0.00000240. The number of fused-ring (bicyclic) bond motifs is 2. The molecule has 6 nitrogen and oxygen atoms in total. The number of hydrogen-bond donors (Lipinski definition) is 1. The van der Waals surface area contributed by atoms with E-state index in [0.29, 0.717) is 37.2 Å². The first-order chi connectivity index (χ1) is 16.6. The predicted octanol–water partition coefficient (Wildman–Crippen LogP) is 4.69. The standard InChI is InChI=1S/C26H33F2N3O3S.ClH/c27-24-9-16-10-25(28,13-24)15-26(11-16,14-24)30-22-21-18-3-1-17(2-4-18)20(21)19(12-29-22)23(32)31-5-7-35(33,34)8-6-31;/h12,16-18H,1-11,13-15H2,(H,29,30);1H. The lowest BCUT2D eigenvalue weighted by atomic mass is 9.50. The average molecular weight is 542 g/mol. The molecule has 0 radical (unpaired) electrons. The largest absolute Gasteiger partial charge is 0.364 e. The second kappa shape index (κ2) is 8.01. The molecule has 10 heteroatoms. The number of sulfone groups is 1. The van der Waals surface area contributed by atoms with Crippen molar-refractivity contribution in [3.05, 3.63) is 22.9 Å². The van der Waals surface area contributed by atoms with Crippen LogP contribution in [-0.2, 0) is 9.84 Å². The van der Waals surface area contributed by atoms with Crippen LogP contribution in [0.15, 0.2) is 6.20 Å². The number of carbonyl (C=O) groups excluding carboxylic acids is 1. The van der Waals surface area contributed by atoms with E-state index in [0.717, 1.165) is 49.0 Å². The van der Waals surface area contributed by atoms with Crippen molar-refractivity contribution in [2.45, 2.75) is 92.9 Å². The molecule has 1 amide bonds. The monoisotopic (exact) mass is 541 g/mol. The van der Waals surface area contributed by atoms with E-state index in [2.05, 4.69) is 5.32 Å². The van der Waals surface area contributed by atoms with Gasteiger partial charge in [-0.05, 0) is 68.3 Å². The minimum atomic E-state index is -3.08. The van der Waals surface area contributed by atoms with Crippen LogP contribution < -0.4 is 5.32 Å². The first-order valence-corrected chi connectivity index (χ1v) is 15.1. The van der Waals surface area contributed by atoms with E-state index < -0.39 is 26.7 Å². The Morgan fingerprint density at radius 2 is 1.53 bits per heavy atom. The van der Waals surface area contributed by atoms with Crippen LogP contribution in [0.5, 0.6) is 0 Å². The highest BCUT2D eigenvalue weighted by Crippen LogP contribution is 2.63. The van der Waals surface area contributed by atoms with Gasteiger partial charge in [0.05, 0.1) is 17.1 Å². The molecule has 36 heavy (non-hydrogen) atoms. The number of rotatable bonds is 3. The number of hydrogen-bond acceptors (Lipinski definition) is 5. The Bertz CT molecular complexity index is 1190. The second-order valence-corrected chi connectivity index (χ2v) is 14.9. The van der Waals surface area contributed by atoms with Gasteiger partial charge in [0.15, 0.2) is 9.84 Å².